The maximum absolute atomic E-state index is 13.4. The Morgan fingerprint density at radius 3 is 2.52 bits per heavy atom. The minimum atomic E-state index is -4.70. The first-order valence-corrected chi connectivity index (χ1v) is 10.4. The lowest BCUT2D eigenvalue weighted by molar-refractivity contribution is -0.142. The van der Waals surface area contributed by atoms with Crippen LogP contribution >= 0.6 is 23.2 Å². The highest BCUT2D eigenvalue weighted by atomic mass is 35.5. The van der Waals surface area contributed by atoms with Crippen LogP contribution in [0.2, 0.25) is 10.0 Å². The van der Waals surface area contributed by atoms with Gasteiger partial charge in [0.05, 0.1) is 23.6 Å². The molecule has 4 rings (SSSR count). The zero-order chi connectivity index (χ0) is 24.1. The first-order valence-electron chi connectivity index (χ1n) is 9.68. The first kappa shape index (κ1) is 23.1. The van der Waals surface area contributed by atoms with Crippen LogP contribution in [0.25, 0.3) is 5.65 Å². The largest absolute Gasteiger partial charge is 0.433 e. The molecule has 1 amide bonds. The fourth-order valence-corrected chi connectivity index (χ4v) is 3.93. The summed E-state index contributed by atoms with van der Waals surface area (Å²) in [7, 11) is 0. The number of nitrogens with zero attached hydrogens (tertiary/aromatic N) is 5. The highest BCUT2D eigenvalue weighted by Crippen LogP contribution is 2.32. The number of carbonyl (C=O) groups excluding carboxylic acids is 1. The summed E-state index contributed by atoms with van der Waals surface area (Å²) in [5, 5.41) is 11.2. The molecule has 0 aliphatic carbocycles. The van der Waals surface area contributed by atoms with Gasteiger partial charge in [-0.2, -0.15) is 23.4 Å². The van der Waals surface area contributed by atoms with E-state index >= 15 is 0 Å². The van der Waals surface area contributed by atoms with Crippen molar-refractivity contribution in [1.82, 2.24) is 24.4 Å². The molecule has 3 heterocycles. The summed E-state index contributed by atoms with van der Waals surface area (Å²) in [6, 6.07) is 8.12. The summed E-state index contributed by atoms with van der Waals surface area (Å²) < 4.78 is 42.6. The average molecular weight is 497 g/mol. The van der Waals surface area contributed by atoms with Crippen molar-refractivity contribution in [2.45, 2.75) is 33.5 Å². The standard InChI is InChI=1S/C21H17Cl2F3N6O/c1-10-7-15(21(24,25)26)32-19(27-10)16(23)18(30-32)20(33)28-17-11(2)29-31(12(17)3)9-13-5-4-6-14(22)8-13/h4-8H,9H2,1-3H3,(H,28,33). The van der Waals surface area contributed by atoms with Crippen molar-refractivity contribution < 1.29 is 18.0 Å². The van der Waals surface area contributed by atoms with E-state index in [1.165, 1.54) is 6.92 Å². The maximum atomic E-state index is 13.4. The molecule has 0 spiro atoms. The second kappa shape index (κ2) is 8.35. The van der Waals surface area contributed by atoms with Crippen LogP contribution in [-0.4, -0.2) is 30.3 Å². The molecular weight excluding hydrogens is 480 g/mol. The molecule has 0 bridgehead atoms. The van der Waals surface area contributed by atoms with Crippen molar-refractivity contribution in [3.05, 3.63) is 74.4 Å². The monoisotopic (exact) mass is 496 g/mol. The van der Waals surface area contributed by atoms with Gasteiger partial charge in [0.2, 0.25) is 0 Å². The SMILES string of the molecule is Cc1cc(C(F)(F)F)n2nc(C(=O)Nc3c(C)nn(Cc4cccc(Cl)c4)c3C)c(Cl)c2n1. The molecule has 172 valence electrons. The molecule has 0 saturated carbocycles. The molecule has 0 aliphatic rings. The van der Waals surface area contributed by atoms with Gasteiger partial charge in [0.15, 0.2) is 11.3 Å². The number of fused-ring (bicyclic) bond motifs is 1. The van der Waals surface area contributed by atoms with E-state index in [1.807, 2.05) is 12.1 Å². The number of hydrogen-bond donors (Lipinski definition) is 1. The lowest BCUT2D eigenvalue weighted by Crippen LogP contribution is -2.16. The number of amides is 1. The zero-order valence-corrected chi connectivity index (χ0v) is 19.1. The Kier molecular flexibility index (Phi) is 5.83. The summed E-state index contributed by atoms with van der Waals surface area (Å²) in [5.41, 5.74) is 0.885. The maximum Gasteiger partial charge on any atom is 0.433 e. The fourth-order valence-electron chi connectivity index (χ4n) is 3.47. The smallest absolute Gasteiger partial charge is 0.317 e. The predicted molar refractivity (Wildman–Crippen MR) is 118 cm³/mol. The topological polar surface area (TPSA) is 77.1 Å². The van der Waals surface area contributed by atoms with Crippen LogP contribution in [0, 0.1) is 20.8 Å². The zero-order valence-electron chi connectivity index (χ0n) is 17.6. The van der Waals surface area contributed by atoms with Crippen LogP contribution in [-0.2, 0) is 12.7 Å². The van der Waals surface area contributed by atoms with Gasteiger partial charge in [-0.25, -0.2) is 9.50 Å². The Labute approximate surface area is 196 Å². The van der Waals surface area contributed by atoms with E-state index in [4.69, 9.17) is 23.2 Å². The minimum absolute atomic E-state index is 0.0950. The fraction of sp³-hybridized carbons (Fsp3) is 0.238. The number of carbonyl (C=O) groups is 1. The number of halogens is 5. The second-order valence-electron chi connectivity index (χ2n) is 7.47. The quantitative estimate of drug-likeness (QED) is 0.405. The number of hydrogen-bond acceptors (Lipinski definition) is 4. The number of aryl methyl sites for hydroxylation is 2. The third-order valence-corrected chi connectivity index (χ3v) is 5.59. The van der Waals surface area contributed by atoms with Crippen molar-refractivity contribution in [2.75, 3.05) is 5.32 Å². The van der Waals surface area contributed by atoms with E-state index in [2.05, 4.69) is 20.5 Å². The molecule has 0 unspecified atom stereocenters. The highest BCUT2D eigenvalue weighted by Gasteiger charge is 2.36. The highest BCUT2D eigenvalue weighted by molar-refractivity contribution is 6.37. The lowest BCUT2D eigenvalue weighted by atomic mass is 10.2. The van der Waals surface area contributed by atoms with Crippen molar-refractivity contribution in [3.8, 4) is 0 Å². The van der Waals surface area contributed by atoms with Gasteiger partial charge in [0.25, 0.3) is 5.91 Å². The van der Waals surface area contributed by atoms with E-state index in [0.29, 0.717) is 33.2 Å². The van der Waals surface area contributed by atoms with Gasteiger partial charge < -0.3 is 5.32 Å². The molecule has 1 N–H and O–H groups in total. The van der Waals surface area contributed by atoms with E-state index in [-0.39, 0.29) is 22.1 Å². The second-order valence-corrected chi connectivity index (χ2v) is 8.28. The molecule has 33 heavy (non-hydrogen) atoms. The van der Waals surface area contributed by atoms with Crippen LogP contribution in [0.15, 0.2) is 30.3 Å². The molecule has 1 aromatic carbocycles. The van der Waals surface area contributed by atoms with E-state index in [1.54, 1.807) is 30.7 Å². The normalized spacial score (nSPS) is 11.9. The summed E-state index contributed by atoms with van der Waals surface area (Å²) in [6.45, 7) is 5.28. The van der Waals surface area contributed by atoms with Crippen LogP contribution in [0.5, 0.6) is 0 Å². The molecule has 0 fully saturated rings. The molecule has 12 heteroatoms. The Bertz CT molecular complexity index is 1390. The molecular formula is C21H17Cl2F3N6O. The lowest BCUT2D eigenvalue weighted by Gasteiger charge is -2.09. The van der Waals surface area contributed by atoms with E-state index in [9.17, 15) is 18.0 Å². The summed E-state index contributed by atoms with van der Waals surface area (Å²) in [5.74, 6) is -0.773. The van der Waals surface area contributed by atoms with Crippen molar-refractivity contribution in [3.63, 3.8) is 0 Å². The Balaban J connectivity index is 1.68. The van der Waals surface area contributed by atoms with Crippen molar-refractivity contribution in [1.29, 1.82) is 0 Å². The van der Waals surface area contributed by atoms with E-state index < -0.39 is 17.8 Å². The average Bonchev–Trinajstić information content (AvgIpc) is 3.18. The Morgan fingerprint density at radius 2 is 1.85 bits per heavy atom. The van der Waals surface area contributed by atoms with Gasteiger partial charge in [-0.05, 0) is 44.5 Å². The number of benzene rings is 1. The predicted octanol–water partition coefficient (Wildman–Crippen LogP) is 5.48. The van der Waals surface area contributed by atoms with Crippen molar-refractivity contribution >= 4 is 40.4 Å². The van der Waals surface area contributed by atoms with Crippen LogP contribution in [0.4, 0.5) is 18.9 Å². The van der Waals surface area contributed by atoms with Crippen molar-refractivity contribution in [2.24, 2.45) is 0 Å². The van der Waals surface area contributed by atoms with Gasteiger partial charge in [0.1, 0.15) is 10.7 Å². The first-order chi connectivity index (χ1) is 15.5. The molecule has 0 saturated heterocycles. The van der Waals surface area contributed by atoms with Gasteiger partial charge in [-0.15, -0.1) is 0 Å². The Hall–Kier alpha value is -3.11. The van der Waals surface area contributed by atoms with Gasteiger partial charge in [-0.1, -0.05) is 35.3 Å². The number of nitrogens with one attached hydrogen (secondary N) is 1. The van der Waals surface area contributed by atoms with E-state index in [0.717, 1.165) is 11.6 Å². The summed E-state index contributed by atoms with van der Waals surface area (Å²) in [4.78, 5) is 16.9. The van der Waals surface area contributed by atoms with Crippen LogP contribution in [0.1, 0.15) is 38.8 Å². The Morgan fingerprint density at radius 1 is 1.12 bits per heavy atom. The number of aromatic nitrogens is 5. The third kappa shape index (κ3) is 4.40. The summed E-state index contributed by atoms with van der Waals surface area (Å²) >= 11 is 12.2. The number of alkyl halides is 3. The van der Waals surface area contributed by atoms with Gasteiger partial charge >= 0.3 is 6.18 Å². The van der Waals surface area contributed by atoms with Crippen LogP contribution < -0.4 is 5.32 Å². The molecule has 0 radical (unpaired) electrons. The van der Waals surface area contributed by atoms with Crippen LogP contribution in [0.3, 0.4) is 0 Å². The molecule has 4 aromatic rings. The molecule has 0 aliphatic heterocycles. The molecule has 7 nitrogen and oxygen atoms in total. The molecule has 0 atom stereocenters. The van der Waals surface area contributed by atoms with Gasteiger partial charge in [-0.3, -0.25) is 9.48 Å². The minimum Gasteiger partial charge on any atom is -0.317 e. The third-order valence-electron chi connectivity index (χ3n) is 5.01. The molecule has 3 aromatic heterocycles. The summed E-state index contributed by atoms with van der Waals surface area (Å²) in [6.07, 6.45) is -4.70. The van der Waals surface area contributed by atoms with Gasteiger partial charge in [0, 0.05) is 10.7 Å². The number of anilines is 1. The number of rotatable bonds is 4.